The van der Waals surface area contributed by atoms with Crippen LogP contribution in [0.2, 0.25) is 0 Å². The monoisotopic (exact) mass is 235 g/mol. The van der Waals surface area contributed by atoms with Crippen molar-refractivity contribution in [1.82, 2.24) is 0 Å². The highest BCUT2D eigenvalue weighted by molar-refractivity contribution is 5.64. The highest BCUT2D eigenvalue weighted by atomic mass is 14.1. The molecule has 88 valence electrons. The molecule has 0 aromatic heterocycles. The first-order valence-corrected chi connectivity index (χ1v) is 5.91. The van der Waals surface area contributed by atoms with Gasteiger partial charge in [0.1, 0.15) is 1.37 Å². The van der Waals surface area contributed by atoms with E-state index in [1.807, 2.05) is 60.7 Å². The Morgan fingerprint density at radius 1 is 1.17 bits per heavy atom. The van der Waals surface area contributed by atoms with Gasteiger partial charge in [-0.15, -0.1) is 6.40 Å². The number of hydrogen-bond acceptors (Lipinski definition) is 0. The predicted molar refractivity (Wildman–Crippen MR) is 78.1 cm³/mol. The Morgan fingerprint density at radius 3 is 2.44 bits per heavy atom. The van der Waals surface area contributed by atoms with E-state index in [1.165, 1.54) is 0 Å². The average Bonchev–Trinajstić information content (AvgIpc) is 2.52. The summed E-state index contributed by atoms with van der Waals surface area (Å²) in [6.45, 7) is -0.200. The van der Waals surface area contributed by atoms with Gasteiger partial charge >= 0.3 is 0 Å². The van der Waals surface area contributed by atoms with Gasteiger partial charge in [-0.05, 0) is 23.1 Å². The molecule has 0 amide bonds. The van der Waals surface area contributed by atoms with Gasteiger partial charge in [-0.2, -0.15) is 0 Å². The van der Waals surface area contributed by atoms with Gasteiger partial charge in [-0.25, -0.2) is 0 Å². The molecule has 18 heavy (non-hydrogen) atoms. The van der Waals surface area contributed by atoms with Crippen molar-refractivity contribution in [3.63, 3.8) is 0 Å². The molecule has 0 bridgehead atoms. The fraction of sp³-hybridized carbons (Fsp3) is 0.111. The van der Waals surface area contributed by atoms with Crippen LogP contribution in [0.25, 0.3) is 5.57 Å². The minimum atomic E-state index is -0.200. The molecule has 2 rings (SSSR count). The van der Waals surface area contributed by atoms with Crippen molar-refractivity contribution in [2.75, 3.05) is 0 Å². The molecule has 0 aliphatic carbocycles. The van der Waals surface area contributed by atoms with Crippen molar-refractivity contribution >= 4 is 5.57 Å². The second kappa shape index (κ2) is 5.89. The van der Waals surface area contributed by atoms with Crippen LogP contribution < -0.4 is 0 Å². The number of rotatable bonds is 4. The molecule has 0 saturated heterocycles. The third kappa shape index (κ3) is 2.90. The maximum Gasteiger partial charge on any atom is 0.124 e. The van der Waals surface area contributed by atoms with Crippen LogP contribution >= 0.6 is 0 Å². The first kappa shape index (κ1) is 8.78. The SMILES string of the molecule is [2H]C#CC(CC(=C([2H])[2H])c1ccccc1)c1ccccc1. The second-order valence-electron chi connectivity index (χ2n) is 4.16. The van der Waals surface area contributed by atoms with Crippen LogP contribution in [-0.2, 0) is 0 Å². The molecular weight excluding hydrogens is 216 g/mol. The van der Waals surface area contributed by atoms with E-state index in [9.17, 15) is 0 Å². The molecule has 0 heterocycles. The largest absolute Gasteiger partial charge is 0.124 e. The van der Waals surface area contributed by atoms with Gasteiger partial charge in [-0.1, -0.05) is 73.1 Å². The first-order valence-electron chi connectivity index (χ1n) is 7.41. The Balaban J connectivity index is 2.34. The minimum absolute atomic E-state index is 0.176. The van der Waals surface area contributed by atoms with E-state index in [4.69, 9.17) is 4.11 Å². The van der Waals surface area contributed by atoms with E-state index in [0.29, 0.717) is 12.0 Å². The Bertz CT molecular complexity index is 660. The first-order chi connectivity index (χ1) is 10.2. The smallest absolute Gasteiger partial charge is 0.119 e. The van der Waals surface area contributed by atoms with Gasteiger partial charge in [0.25, 0.3) is 0 Å². The molecule has 0 aliphatic rings. The van der Waals surface area contributed by atoms with Crippen molar-refractivity contribution in [3.8, 4) is 12.3 Å². The normalized spacial score (nSPS) is 13.2. The summed E-state index contributed by atoms with van der Waals surface area (Å²) in [6.07, 6.45) is 2.68. The Hall–Kier alpha value is -2.26. The lowest BCUT2D eigenvalue weighted by Crippen LogP contribution is -1.97. The molecule has 0 nitrogen and oxygen atoms in total. The van der Waals surface area contributed by atoms with E-state index in [0.717, 1.165) is 11.1 Å². The number of allylic oxidation sites excluding steroid dienone is 1. The van der Waals surface area contributed by atoms with E-state index in [1.54, 1.807) is 0 Å². The lowest BCUT2D eigenvalue weighted by Gasteiger charge is -2.13. The number of hydrogen-bond donors (Lipinski definition) is 0. The van der Waals surface area contributed by atoms with Crippen molar-refractivity contribution in [3.05, 3.63) is 78.3 Å². The Morgan fingerprint density at radius 2 is 1.83 bits per heavy atom. The van der Waals surface area contributed by atoms with Crippen LogP contribution in [0.3, 0.4) is 0 Å². The highest BCUT2D eigenvalue weighted by Crippen LogP contribution is 2.27. The standard InChI is InChI=1S/C18H16/c1-3-16(18-12-8-5-9-13-18)14-15(2)17-10-6-4-7-11-17/h1,4-13,16H,2,14H2/i1D,2D2. The van der Waals surface area contributed by atoms with Crippen molar-refractivity contribution < 1.29 is 4.11 Å². The van der Waals surface area contributed by atoms with Gasteiger partial charge < -0.3 is 0 Å². The molecule has 0 radical (unpaired) electrons. The maximum absolute atomic E-state index is 7.71. The lowest BCUT2D eigenvalue weighted by atomic mass is 9.90. The molecular formula is C18H16. The number of terminal acetylenes is 1. The van der Waals surface area contributed by atoms with Crippen molar-refractivity contribution in [2.45, 2.75) is 12.3 Å². The zero-order valence-corrected chi connectivity index (χ0v) is 10.1. The second-order valence-corrected chi connectivity index (χ2v) is 4.16. The quantitative estimate of drug-likeness (QED) is 0.684. The van der Waals surface area contributed by atoms with Crippen LogP contribution in [0.1, 0.15) is 27.6 Å². The van der Waals surface area contributed by atoms with Crippen LogP contribution in [0.5, 0.6) is 0 Å². The molecule has 0 aliphatic heterocycles. The van der Waals surface area contributed by atoms with Gasteiger partial charge in [0.05, 0.1) is 2.74 Å². The zero-order valence-electron chi connectivity index (χ0n) is 13.1. The minimum Gasteiger partial charge on any atom is -0.119 e. The molecule has 0 fully saturated rings. The van der Waals surface area contributed by atoms with Gasteiger partial charge in [-0.3, -0.25) is 0 Å². The summed E-state index contributed by atoms with van der Waals surface area (Å²) in [4.78, 5) is 0. The summed E-state index contributed by atoms with van der Waals surface area (Å²) in [7, 11) is 0. The summed E-state index contributed by atoms with van der Waals surface area (Å²) in [6, 6.07) is 19.2. The lowest BCUT2D eigenvalue weighted by molar-refractivity contribution is 0.909. The fourth-order valence-electron chi connectivity index (χ4n) is 1.90. The highest BCUT2D eigenvalue weighted by Gasteiger charge is 2.10. The van der Waals surface area contributed by atoms with Crippen molar-refractivity contribution in [2.24, 2.45) is 0 Å². The summed E-state index contributed by atoms with van der Waals surface area (Å²) in [5, 5.41) is 0. The van der Waals surface area contributed by atoms with Crippen LogP contribution in [0, 0.1) is 12.3 Å². The summed E-state index contributed by atoms with van der Waals surface area (Å²) < 4.78 is 22.6. The average molecular weight is 235 g/mol. The van der Waals surface area contributed by atoms with E-state index < -0.39 is 0 Å². The van der Waals surface area contributed by atoms with Gasteiger partial charge in [0.2, 0.25) is 0 Å². The van der Waals surface area contributed by atoms with E-state index in [-0.39, 0.29) is 12.4 Å². The molecule has 1 unspecified atom stereocenters. The van der Waals surface area contributed by atoms with Crippen LogP contribution in [-0.4, -0.2) is 0 Å². The maximum atomic E-state index is 7.71. The molecule has 0 spiro atoms. The molecule has 0 N–H and O–H groups in total. The van der Waals surface area contributed by atoms with Crippen LogP contribution in [0.15, 0.2) is 67.2 Å². The number of benzene rings is 2. The van der Waals surface area contributed by atoms with Crippen LogP contribution in [0.4, 0.5) is 0 Å². The zero-order chi connectivity index (χ0) is 15.1. The van der Waals surface area contributed by atoms with E-state index in [2.05, 4.69) is 12.3 Å². The Kier molecular flexibility index (Phi) is 2.87. The van der Waals surface area contributed by atoms with Crippen molar-refractivity contribution in [1.29, 1.82) is 0 Å². The Labute approximate surface area is 113 Å². The summed E-state index contributed by atoms with van der Waals surface area (Å²) >= 11 is 0. The molecule has 0 heteroatoms. The molecule has 1 atom stereocenters. The molecule has 2 aromatic rings. The van der Waals surface area contributed by atoms with E-state index >= 15 is 0 Å². The van der Waals surface area contributed by atoms with Gasteiger partial charge in [0.15, 0.2) is 0 Å². The summed E-state index contributed by atoms with van der Waals surface area (Å²) in [5.74, 6) is 2.69. The van der Waals surface area contributed by atoms with Gasteiger partial charge in [0, 0.05) is 5.92 Å². The molecule has 0 saturated carbocycles. The third-order valence-corrected chi connectivity index (χ3v) is 2.91. The molecule has 2 aromatic carbocycles. The third-order valence-electron chi connectivity index (χ3n) is 2.91. The topological polar surface area (TPSA) is 0 Å². The summed E-state index contributed by atoms with van der Waals surface area (Å²) in [5.41, 5.74) is 2.52. The predicted octanol–water partition coefficient (Wildman–Crippen LogP) is 4.51. The fourth-order valence-corrected chi connectivity index (χ4v) is 1.90.